The molecule has 5 heteroatoms. The number of carbonyl (C=O) groups excluding carboxylic acids is 1. The molecule has 2 unspecified atom stereocenters. The van der Waals surface area contributed by atoms with Crippen LogP contribution in [0.5, 0.6) is 0 Å². The van der Waals surface area contributed by atoms with Gasteiger partial charge in [-0.25, -0.2) is 9.97 Å². The number of methoxy groups -OCH3 is 1. The number of hydrogen-bond donors (Lipinski definition) is 0. The lowest BCUT2D eigenvalue weighted by Crippen LogP contribution is -2.24. The van der Waals surface area contributed by atoms with Crippen molar-refractivity contribution in [2.24, 2.45) is 11.8 Å². The monoisotopic (exact) mass is 221 g/mol. The van der Waals surface area contributed by atoms with E-state index in [1.54, 1.807) is 6.20 Å². The summed E-state index contributed by atoms with van der Waals surface area (Å²) in [6.07, 6.45) is 3.23. The molecule has 0 saturated carbocycles. The van der Waals surface area contributed by atoms with Crippen molar-refractivity contribution in [3.8, 4) is 0 Å². The number of rotatable bonds is 2. The fraction of sp³-hybridized carbons (Fsp3) is 0.545. The number of aromatic nitrogens is 2. The summed E-state index contributed by atoms with van der Waals surface area (Å²) < 4.78 is 4.79. The maximum atomic E-state index is 11.5. The van der Waals surface area contributed by atoms with E-state index in [0.29, 0.717) is 12.5 Å². The van der Waals surface area contributed by atoms with Gasteiger partial charge in [-0.05, 0) is 12.0 Å². The summed E-state index contributed by atoms with van der Waals surface area (Å²) in [4.78, 5) is 21.7. The Morgan fingerprint density at radius 3 is 3.00 bits per heavy atom. The van der Waals surface area contributed by atoms with Crippen LogP contribution in [0.25, 0.3) is 0 Å². The van der Waals surface area contributed by atoms with Crippen LogP contribution in [0.3, 0.4) is 0 Å². The first-order chi connectivity index (χ1) is 7.72. The summed E-state index contributed by atoms with van der Waals surface area (Å²) in [5, 5.41) is 0. The van der Waals surface area contributed by atoms with Crippen molar-refractivity contribution in [2.45, 2.75) is 6.92 Å². The first kappa shape index (κ1) is 10.9. The predicted molar refractivity (Wildman–Crippen MR) is 58.9 cm³/mol. The van der Waals surface area contributed by atoms with E-state index in [2.05, 4.69) is 21.8 Å². The zero-order valence-electron chi connectivity index (χ0n) is 9.46. The van der Waals surface area contributed by atoms with Crippen LogP contribution in [0.15, 0.2) is 18.6 Å². The van der Waals surface area contributed by atoms with Crippen LogP contribution in [0, 0.1) is 11.8 Å². The summed E-state index contributed by atoms with van der Waals surface area (Å²) in [5.74, 6) is 0.972. The highest BCUT2D eigenvalue weighted by molar-refractivity contribution is 5.74. The van der Waals surface area contributed by atoms with Crippen molar-refractivity contribution in [1.29, 1.82) is 0 Å². The van der Waals surface area contributed by atoms with E-state index < -0.39 is 0 Å². The van der Waals surface area contributed by atoms with Crippen LogP contribution in [0.1, 0.15) is 6.92 Å². The van der Waals surface area contributed by atoms with E-state index in [9.17, 15) is 4.79 Å². The Bertz CT molecular complexity index is 369. The first-order valence-corrected chi connectivity index (χ1v) is 5.31. The van der Waals surface area contributed by atoms with Crippen LogP contribution in [0.2, 0.25) is 0 Å². The van der Waals surface area contributed by atoms with Crippen LogP contribution < -0.4 is 4.90 Å². The van der Waals surface area contributed by atoms with Gasteiger partial charge >= 0.3 is 5.97 Å². The Kier molecular flexibility index (Phi) is 3.03. The lowest BCUT2D eigenvalue weighted by Gasteiger charge is -2.16. The maximum absolute atomic E-state index is 11.5. The molecular weight excluding hydrogens is 206 g/mol. The zero-order valence-corrected chi connectivity index (χ0v) is 9.46. The number of ether oxygens (including phenoxy) is 1. The molecule has 0 N–H and O–H groups in total. The third-order valence-electron chi connectivity index (χ3n) is 3.01. The minimum absolute atomic E-state index is 0.0556. The van der Waals surface area contributed by atoms with Crippen LogP contribution >= 0.6 is 0 Å². The summed E-state index contributed by atoms with van der Waals surface area (Å²) >= 11 is 0. The molecule has 86 valence electrons. The highest BCUT2D eigenvalue weighted by Gasteiger charge is 2.35. The number of hydrogen-bond acceptors (Lipinski definition) is 5. The summed E-state index contributed by atoms with van der Waals surface area (Å²) in [6, 6.07) is 1.85. The highest BCUT2D eigenvalue weighted by atomic mass is 16.5. The van der Waals surface area contributed by atoms with E-state index in [-0.39, 0.29) is 11.9 Å². The molecule has 1 fully saturated rings. The van der Waals surface area contributed by atoms with Crippen molar-refractivity contribution in [1.82, 2.24) is 9.97 Å². The van der Waals surface area contributed by atoms with Gasteiger partial charge in [0, 0.05) is 19.3 Å². The topological polar surface area (TPSA) is 55.3 Å². The molecule has 1 saturated heterocycles. The van der Waals surface area contributed by atoms with Gasteiger partial charge in [0.1, 0.15) is 12.1 Å². The van der Waals surface area contributed by atoms with Gasteiger partial charge in [-0.3, -0.25) is 4.79 Å². The average Bonchev–Trinajstić information content (AvgIpc) is 2.71. The minimum Gasteiger partial charge on any atom is -0.469 e. The molecule has 0 amide bonds. The second-order valence-corrected chi connectivity index (χ2v) is 4.08. The largest absolute Gasteiger partial charge is 0.469 e. The Balaban J connectivity index is 2.10. The highest BCUT2D eigenvalue weighted by Crippen LogP contribution is 2.27. The Hall–Kier alpha value is -1.65. The number of anilines is 1. The van der Waals surface area contributed by atoms with Crippen LogP contribution in [-0.4, -0.2) is 36.1 Å². The average molecular weight is 221 g/mol. The van der Waals surface area contributed by atoms with E-state index in [1.807, 2.05) is 6.07 Å². The number of nitrogens with zero attached hydrogens (tertiary/aromatic N) is 3. The smallest absolute Gasteiger partial charge is 0.310 e. The standard InChI is InChI=1S/C11H15N3O2/c1-8-5-14(6-9(8)11(15)16-2)10-3-4-12-7-13-10/h3-4,7-9H,5-6H2,1-2H3. The molecule has 0 aliphatic carbocycles. The molecule has 1 aliphatic rings. The zero-order chi connectivity index (χ0) is 11.5. The van der Waals surface area contributed by atoms with Gasteiger partial charge in [0.15, 0.2) is 0 Å². The maximum Gasteiger partial charge on any atom is 0.310 e. The molecule has 0 radical (unpaired) electrons. The molecule has 0 bridgehead atoms. The summed E-state index contributed by atoms with van der Waals surface area (Å²) in [5.41, 5.74) is 0. The normalized spacial score (nSPS) is 24.5. The predicted octanol–water partition coefficient (Wildman–Crippen LogP) is 0.722. The van der Waals surface area contributed by atoms with Gasteiger partial charge in [-0.1, -0.05) is 6.92 Å². The van der Waals surface area contributed by atoms with Crippen molar-refractivity contribution in [3.63, 3.8) is 0 Å². The third-order valence-corrected chi connectivity index (χ3v) is 3.01. The second-order valence-electron chi connectivity index (χ2n) is 4.08. The van der Waals surface area contributed by atoms with Crippen molar-refractivity contribution in [3.05, 3.63) is 18.6 Å². The molecule has 1 aromatic heterocycles. The Morgan fingerprint density at radius 1 is 1.56 bits per heavy atom. The van der Waals surface area contributed by atoms with E-state index >= 15 is 0 Å². The minimum atomic E-state index is -0.135. The van der Waals surface area contributed by atoms with Crippen molar-refractivity contribution < 1.29 is 9.53 Å². The second kappa shape index (κ2) is 4.47. The fourth-order valence-corrected chi connectivity index (χ4v) is 2.08. The van der Waals surface area contributed by atoms with Crippen LogP contribution in [0.4, 0.5) is 5.82 Å². The SMILES string of the molecule is COC(=O)C1CN(c2ccncn2)CC1C. The molecule has 0 spiro atoms. The van der Waals surface area contributed by atoms with Gasteiger partial charge in [-0.15, -0.1) is 0 Å². The molecule has 1 aliphatic heterocycles. The molecule has 5 nitrogen and oxygen atoms in total. The lowest BCUT2D eigenvalue weighted by molar-refractivity contribution is -0.145. The fourth-order valence-electron chi connectivity index (χ4n) is 2.08. The molecule has 16 heavy (non-hydrogen) atoms. The van der Waals surface area contributed by atoms with Gasteiger partial charge in [0.25, 0.3) is 0 Å². The van der Waals surface area contributed by atoms with Crippen molar-refractivity contribution in [2.75, 3.05) is 25.1 Å². The quantitative estimate of drug-likeness (QED) is 0.689. The Morgan fingerprint density at radius 2 is 2.38 bits per heavy atom. The molecule has 0 aromatic carbocycles. The molecular formula is C11H15N3O2. The lowest BCUT2D eigenvalue weighted by atomic mass is 9.99. The van der Waals surface area contributed by atoms with Gasteiger partial charge in [-0.2, -0.15) is 0 Å². The molecule has 2 heterocycles. The summed E-state index contributed by atoms with van der Waals surface area (Å²) in [6.45, 7) is 3.56. The van der Waals surface area contributed by atoms with Crippen molar-refractivity contribution >= 4 is 11.8 Å². The van der Waals surface area contributed by atoms with E-state index in [0.717, 1.165) is 12.4 Å². The first-order valence-electron chi connectivity index (χ1n) is 5.31. The molecule has 2 atom stereocenters. The van der Waals surface area contributed by atoms with E-state index in [1.165, 1.54) is 13.4 Å². The number of carbonyl (C=O) groups is 1. The van der Waals surface area contributed by atoms with Gasteiger partial charge in [0.2, 0.25) is 0 Å². The molecule has 1 aromatic rings. The molecule has 2 rings (SSSR count). The third kappa shape index (κ3) is 1.98. The van der Waals surface area contributed by atoms with Crippen LogP contribution in [-0.2, 0) is 9.53 Å². The summed E-state index contributed by atoms with van der Waals surface area (Å²) in [7, 11) is 1.43. The van der Waals surface area contributed by atoms with Gasteiger partial charge in [0.05, 0.1) is 13.0 Å². The Labute approximate surface area is 94.5 Å². The number of esters is 1. The van der Waals surface area contributed by atoms with E-state index in [4.69, 9.17) is 4.74 Å². The van der Waals surface area contributed by atoms with Gasteiger partial charge < -0.3 is 9.64 Å².